The predicted molar refractivity (Wildman–Crippen MR) is 101 cm³/mol. The van der Waals surface area contributed by atoms with Gasteiger partial charge in [0.05, 0.1) is 29.8 Å². The molecule has 0 aromatic carbocycles. The van der Waals surface area contributed by atoms with Gasteiger partial charge < -0.3 is 19.5 Å². The summed E-state index contributed by atoms with van der Waals surface area (Å²) in [4.78, 5) is 41.0. The van der Waals surface area contributed by atoms with Gasteiger partial charge in [0, 0.05) is 32.4 Å². The molecular weight excluding hydrogens is 362 g/mol. The molecule has 146 valence electrons. The fourth-order valence-corrected chi connectivity index (χ4v) is 3.33. The molecule has 0 unspecified atom stereocenters. The van der Waals surface area contributed by atoms with E-state index in [1.54, 1.807) is 18.2 Å². The molecule has 1 saturated heterocycles. The first-order valence-corrected chi connectivity index (χ1v) is 8.94. The van der Waals surface area contributed by atoms with Crippen LogP contribution in [0.25, 0.3) is 16.7 Å². The van der Waals surface area contributed by atoms with E-state index in [2.05, 4.69) is 25.0 Å². The van der Waals surface area contributed by atoms with Gasteiger partial charge in [-0.05, 0) is 14.0 Å². The standard InChI is InChI=1S/C18H21N7O3/c1-11-21-10-25(22-11)17-15-14(13(28-3)9-20-17)12(8-19-15)16(26)18(27)24-6-4-23(2)5-7-24/h8-10,19H,4-7H2,1-3H3. The summed E-state index contributed by atoms with van der Waals surface area (Å²) in [5.41, 5.74) is 0.815. The number of methoxy groups -OCH3 is 1. The molecule has 28 heavy (non-hydrogen) atoms. The fraction of sp³-hybridized carbons (Fsp3) is 0.389. The van der Waals surface area contributed by atoms with E-state index >= 15 is 0 Å². The zero-order valence-electron chi connectivity index (χ0n) is 16.0. The molecule has 10 heteroatoms. The minimum absolute atomic E-state index is 0.260. The number of aryl methyl sites for hydroxylation is 1. The first-order valence-electron chi connectivity index (χ1n) is 8.94. The molecule has 3 aromatic heterocycles. The van der Waals surface area contributed by atoms with E-state index in [1.165, 1.54) is 24.2 Å². The highest BCUT2D eigenvalue weighted by molar-refractivity contribution is 6.45. The molecule has 0 saturated carbocycles. The number of piperazine rings is 1. The maximum atomic E-state index is 13.0. The van der Waals surface area contributed by atoms with Crippen molar-refractivity contribution in [2.45, 2.75) is 6.92 Å². The third kappa shape index (κ3) is 3.01. The van der Waals surface area contributed by atoms with Crippen LogP contribution >= 0.6 is 0 Å². The molecule has 0 aliphatic carbocycles. The summed E-state index contributed by atoms with van der Waals surface area (Å²) in [6.07, 6.45) is 4.58. The second-order valence-electron chi connectivity index (χ2n) is 6.76. The highest BCUT2D eigenvalue weighted by Crippen LogP contribution is 2.31. The number of H-pyrrole nitrogens is 1. The van der Waals surface area contributed by atoms with Gasteiger partial charge in [0.25, 0.3) is 11.7 Å². The zero-order valence-corrected chi connectivity index (χ0v) is 16.0. The number of nitrogens with zero attached hydrogens (tertiary/aromatic N) is 6. The third-order valence-electron chi connectivity index (χ3n) is 4.93. The van der Waals surface area contributed by atoms with Crippen molar-refractivity contribution in [3.05, 3.63) is 30.1 Å². The monoisotopic (exact) mass is 383 g/mol. The summed E-state index contributed by atoms with van der Waals surface area (Å²) in [5.74, 6) is 0.403. The van der Waals surface area contributed by atoms with E-state index in [0.29, 0.717) is 41.4 Å². The first-order chi connectivity index (χ1) is 13.5. The average molecular weight is 383 g/mol. The number of hydrogen-bond acceptors (Lipinski definition) is 7. The maximum Gasteiger partial charge on any atom is 0.295 e. The Morgan fingerprint density at radius 1 is 1.18 bits per heavy atom. The topological polar surface area (TPSA) is 109 Å². The quantitative estimate of drug-likeness (QED) is 0.513. The molecule has 4 heterocycles. The van der Waals surface area contributed by atoms with Gasteiger partial charge in [-0.15, -0.1) is 0 Å². The van der Waals surface area contributed by atoms with Crippen LogP contribution in [0, 0.1) is 6.92 Å². The van der Waals surface area contributed by atoms with Crippen molar-refractivity contribution in [1.29, 1.82) is 0 Å². The number of aromatic amines is 1. The van der Waals surface area contributed by atoms with Gasteiger partial charge >= 0.3 is 0 Å². The number of pyridine rings is 1. The van der Waals surface area contributed by atoms with Gasteiger partial charge in [0.15, 0.2) is 5.82 Å². The number of Topliss-reactive ketones (excluding diaryl/α,β-unsaturated/α-hetero) is 1. The number of carbonyl (C=O) groups excluding carboxylic acids is 2. The van der Waals surface area contributed by atoms with E-state index in [9.17, 15) is 9.59 Å². The second-order valence-corrected chi connectivity index (χ2v) is 6.76. The Kier molecular flexibility index (Phi) is 4.55. The number of ketones is 1. The zero-order chi connectivity index (χ0) is 19.8. The molecule has 0 atom stereocenters. The molecule has 1 aliphatic heterocycles. The fourth-order valence-electron chi connectivity index (χ4n) is 3.33. The van der Waals surface area contributed by atoms with E-state index in [-0.39, 0.29) is 5.56 Å². The summed E-state index contributed by atoms with van der Waals surface area (Å²) in [7, 11) is 3.49. The molecule has 0 bridgehead atoms. The Bertz CT molecular complexity index is 1050. The first kappa shape index (κ1) is 18.1. The van der Waals surface area contributed by atoms with Crippen molar-refractivity contribution in [1.82, 2.24) is 34.5 Å². The number of fused-ring (bicyclic) bond motifs is 1. The third-order valence-corrected chi connectivity index (χ3v) is 4.93. The number of ether oxygens (including phenoxy) is 1. The molecule has 0 spiro atoms. The van der Waals surface area contributed by atoms with Crippen molar-refractivity contribution >= 4 is 22.6 Å². The summed E-state index contributed by atoms with van der Waals surface area (Å²) in [5, 5.41) is 4.78. The lowest BCUT2D eigenvalue weighted by atomic mass is 10.1. The lowest BCUT2D eigenvalue weighted by Crippen LogP contribution is -2.49. The van der Waals surface area contributed by atoms with Gasteiger partial charge in [0.1, 0.15) is 17.9 Å². The normalized spacial score (nSPS) is 15.2. The lowest BCUT2D eigenvalue weighted by Gasteiger charge is -2.31. The van der Waals surface area contributed by atoms with Crippen LogP contribution in [0.2, 0.25) is 0 Å². The van der Waals surface area contributed by atoms with Crippen LogP contribution in [0.3, 0.4) is 0 Å². The summed E-state index contributed by atoms with van der Waals surface area (Å²) >= 11 is 0. The van der Waals surface area contributed by atoms with Gasteiger partial charge in [-0.1, -0.05) is 0 Å². The van der Waals surface area contributed by atoms with Crippen molar-refractivity contribution in [3.8, 4) is 11.6 Å². The molecule has 4 rings (SSSR count). The molecule has 3 aromatic rings. The van der Waals surface area contributed by atoms with Gasteiger partial charge in [-0.2, -0.15) is 5.10 Å². The van der Waals surface area contributed by atoms with Crippen molar-refractivity contribution in [3.63, 3.8) is 0 Å². The number of rotatable bonds is 4. The van der Waals surface area contributed by atoms with Gasteiger partial charge in [-0.3, -0.25) is 9.59 Å². The Labute approximate surface area is 161 Å². The Balaban J connectivity index is 1.75. The Morgan fingerprint density at radius 2 is 1.93 bits per heavy atom. The van der Waals surface area contributed by atoms with Gasteiger partial charge in [0.2, 0.25) is 0 Å². The van der Waals surface area contributed by atoms with Crippen LogP contribution in [0.5, 0.6) is 5.75 Å². The summed E-state index contributed by atoms with van der Waals surface area (Å²) in [6.45, 7) is 4.33. The van der Waals surface area contributed by atoms with Crippen LogP contribution in [0.1, 0.15) is 16.2 Å². The summed E-state index contributed by atoms with van der Waals surface area (Å²) < 4.78 is 6.92. The largest absolute Gasteiger partial charge is 0.494 e. The summed E-state index contributed by atoms with van der Waals surface area (Å²) in [6, 6.07) is 0. The minimum atomic E-state index is -0.568. The molecule has 1 fully saturated rings. The average Bonchev–Trinajstić information content (AvgIpc) is 3.33. The van der Waals surface area contributed by atoms with Crippen LogP contribution in [-0.2, 0) is 4.79 Å². The second kappa shape index (κ2) is 7.04. The van der Waals surface area contributed by atoms with Crippen LogP contribution in [-0.4, -0.2) is 86.6 Å². The lowest BCUT2D eigenvalue weighted by molar-refractivity contribution is -0.127. The van der Waals surface area contributed by atoms with E-state index in [0.717, 1.165) is 13.1 Å². The SMILES string of the molecule is COc1cnc(-n2cnc(C)n2)c2[nH]cc(C(=O)C(=O)N3CCN(C)CC3)c12. The Hall–Kier alpha value is -3.27. The number of nitrogens with one attached hydrogen (secondary N) is 1. The van der Waals surface area contributed by atoms with E-state index < -0.39 is 11.7 Å². The van der Waals surface area contributed by atoms with Crippen LogP contribution < -0.4 is 4.74 Å². The molecule has 1 amide bonds. The van der Waals surface area contributed by atoms with Gasteiger partial charge in [-0.25, -0.2) is 14.6 Å². The minimum Gasteiger partial charge on any atom is -0.494 e. The maximum absolute atomic E-state index is 13.0. The van der Waals surface area contributed by atoms with E-state index in [4.69, 9.17) is 4.74 Å². The van der Waals surface area contributed by atoms with E-state index in [1.807, 2.05) is 7.05 Å². The smallest absolute Gasteiger partial charge is 0.295 e. The number of aromatic nitrogens is 5. The molecule has 10 nitrogen and oxygen atoms in total. The molecular formula is C18H21N7O3. The molecule has 1 N–H and O–H groups in total. The number of amides is 1. The molecule has 0 radical (unpaired) electrons. The highest BCUT2D eigenvalue weighted by Gasteiger charge is 2.29. The number of hydrogen-bond donors (Lipinski definition) is 1. The number of carbonyl (C=O) groups is 2. The van der Waals surface area contributed by atoms with Crippen molar-refractivity contribution in [2.75, 3.05) is 40.3 Å². The predicted octanol–water partition coefficient (Wildman–Crippen LogP) is 0.417. The van der Waals surface area contributed by atoms with Crippen molar-refractivity contribution in [2.24, 2.45) is 0 Å². The van der Waals surface area contributed by atoms with Crippen LogP contribution in [0.4, 0.5) is 0 Å². The highest BCUT2D eigenvalue weighted by atomic mass is 16.5. The number of likely N-dealkylation sites (N-methyl/N-ethyl adjacent to an activating group) is 1. The molecule has 1 aliphatic rings. The van der Waals surface area contributed by atoms with Crippen molar-refractivity contribution < 1.29 is 14.3 Å². The Morgan fingerprint density at radius 3 is 2.57 bits per heavy atom. The van der Waals surface area contributed by atoms with Crippen LogP contribution in [0.15, 0.2) is 18.7 Å².